The lowest BCUT2D eigenvalue weighted by atomic mass is 9.87. The van der Waals surface area contributed by atoms with Gasteiger partial charge in [-0.1, -0.05) is 32.9 Å². The van der Waals surface area contributed by atoms with Crippen molar-refractivity contribution in [3.05, 3.63) is 53.7 Å². The first-order chi connectivity index (χ1) is 9.36. The number of aromatic nitrogens is 1. The molecule has 3 heteroatoms. The van der Waals surface area contributed by atoms with E-state index in [2.05, 4.69) is 31.8 Å². The first kappa shape index (κ1) is 14.5. The molecule has 1 atom stereocenters. The Morgan fingerprint density at radius 2 is 1.90 bits per heavy atom. The molecule has 0 fully saturated rings. The Morgan fingerprint density at radius 3 is 2.45 bits per heavy atom. The van der Waals surface area contributed by atoms with Gasteiger partial charge in [0.15, 0.2) is 0 Å². The Hall–Kier alpha value is -1.87. The molecule has 0 radical (unpaired) electrons. The summed E-state index contributed by atoms with van der Waals surface area (Å²) in [4.78, 5) is 4.20. The summed E-state index contributed by atoms with van der Waals surface area (Å²) in [6.45, 7) is 8.22. The predicted molar refractivity (Wildman–Crippen MR) is 80.1 cm³/mol. The van der Waals surface area contributed by atoms with Crippen LogP contribution in [-0.4, -0.2) is 10.1 Å². The summed E-state index contributed by atoms with van der Waals surface area (Å²) in [6.07, 6.45) is 1.12. The lowest BCUT2D eigenvalue weighted by Gasteiger charge is -2.19. The van der Waals surface area contributed by atoms with Crippen LogP contribution in [0, 0.1) is 0 Å². The highest BCUT2D eigenvalue weighted by atomic mass is 16.5. The van der Waals surface area contributed by atoms with Gasteiger partial charge in [0.25, 0.3) is 0 Å². The minimum absolute atomic E-state index is 0.0863. The van der Waals surface area contributed by atoms with E-state index >= 15 is 0 Å². The third kappa shape index (κ3) is 3.58. The third-order valence-electron chi connectivity index (χ3n) is 3.16. The summed E-state index contributed by atoms with van der Waals surface area (Å²) in [5.41, 5.74) is 2.08. The van der Waals surface area contributed by atoms with Crippen molar-refractivity contribution in [1.29, 1.82) is 0 Å². The van der Waals surface area contributed by atoms with E-state index < -0.39 is 6.10 Å². The van der Waals surface area contributed by atoms with Gasteiger partial charge in [-0.2, -0.15) is 0 Å². The molecule has 2 aromatic rings. The molecule has 0 spiro atoms. The van der Waals surface area contributed by atoms with Crippen molar-refractivity contribution in [3.8, 4) is 11.6 Å². The zero-order valence-electron chi connectivity index (χ0n) is 12.4. The highest BCUT2D eigenvalue weighted by Gasteiger charge is 2.14. The largest absolute Gasteiger partial charge is 0.439 e. The zero-order chi connectivity index (χ0) is 14.8. The van der Waals surface area contributed by atoms with Crippen LogP contribution in [0.1, 0.15) is 44.9 Å². The molecule has 3 nitrogen and oxygen atoms in total. The highest BCUT2D eigenvalue weighted by Crippen LogP contribution is 2.28. The van der Waals surface area contributed by atoms with Crippen LogP contribution in [0.4, 0.5) is 0 Å². The lowest BCUT2D eigenvalue weighted by Crippen LogP contribution is -2.10. The van der Waals surface area contributed by atoms with Crippen LogP contribution in [-0.2, 0) is 5.41 Å². The minimum Gasteiger partial charge on any atom is -0.439 e. The van der Waals surface area contributed by atoms with Gasteiger partial charge in [0.1, 0.15) is 5.75 Å². The Morgan fingerprint density at radius 1 is 1.15 bits per heavy atom. The van der Waals surface area contributed by atoms with E-state index in [1.165, 1.54) is 5.56 Å². The average Bonchev–Trinajstić information content (AvgIpc) is 2.38. The summed E-state index contributed by atoms with van der Waals surface area (Å²) in [5, 5.41) is 9.45. The van der Waals surface area contributed by atoms with Gasteiger partial charge in [-0.05, 0) is 41.7 Å². The fraction of sp³-hybridized carbons (Fsp3) is 0.353. The Labute approximate surface area is 120 Å². The van der Waals surface area contributed by atoms with E-state index in [1.54, 1.807) is 19.2 Å². The van der Waals surface area contributed by atoms with Gasteiger partial charge in [-0.3, -0.25) is 0 Å². The monoisotopic (exact) mass is 271 g/mol. The molecule has 20 heavy (non-hydrogen) atoms. The van der Waals surface area contributed by atoms with Crippen LogP contribution in [0.25, 0.3) is 0 Å². The number of rotatable bonds is 3. The maximum absolute atomic E-state index is 9.45. The number of pyridine rings is 1. The topological polar surface area (TPSA) is 42.4 Å². The van der Waals surface area contributed by atoms with E-state index in [9.17, 15) is 5.11 Å². The van der Waals surface area contributed by atoms with Crippen molar-refractivity contribution in [1.82, 2.24) is 4.98 Å². The first-order valence-corrected chi connectivity index (χ1v) is 6.79. The number of aliphatic hydroxyl groups excluding tert-OH is 1. The molecular weight excluding hydrogens is 250 g/mol. The normalized spacial score (nSPS) is 13.1. The Bertz CT molecular complexity index is 568. The van der Waals surface area contributed by atoms with E-state index in [1.807, 2.05) is 24.3 Å². The smallest absolute Gasteiger partial charge is 0.219 e. The Kier molecular flexibility index (Phi) is 4.09. The quantitative estimate of drug-likeness (QED) is 0.908. The van der Waals surface area contributed by atoms with Gasteiger partial charge in [0.2, 0.25) is 5.88 Å². The number of nitrogens with zero attached hydrogens (tertiary/aromatic N) is 1. The molecule has 0 saturated heterocycles. The maximum atomic E-state index is 9.45. The second-order valence-corrected chi connectivity index (χ2v) is 5.99. The van der Waals surface area contributed by atoms with Crippen molar-refractivity contribution in [2.75, 3.05) is 0 Å². The molecule has 106 valence electrons. The SMILES string of the molecule is C[C@H](O)c1ccc(Oc2cccc(C(C)(C)C)c2)nc1. The third-order valence-corrected chi connectivity index (χ3v) is 3.16. The molecule has 1 aromatic heterocycles. The molecule has 1 N–H and O–H groups in total. The van der Waals surface area contributed by atoms with Gasteiger partial charge >= 0.3 is 0 Å². The second-order valence-electron chi connectivity index (χ2n) is 5.99. The minimum atomic E-state index is -0.513. The number of ether oxygens (including phenoxy) is 1. The van der Waals surface area contributed by atoms with Gasteiger partial charge in [0, 0.05) is 12.3 Å². The standard InChI is InChI=1S/C17H21NO2/c1-12(19)13-8-9-16(18-11-13)20-15-7-5-6-14(10-15)17(2,3)4/h5-12,19H,1-4H3/t12-/m0/s1. The molecule has 1 heterocycles. The van der Waals surface area contributed by atoms with Crippen molar-refractivity contribution in [2.24, 2.45) is 0 Å². The van der Waals surface area contributed by atoms with Gasteiger partial charge in [-0.15, -0.1) is 0 Å². The fourth-order valence-electron chi connectivity index (χ4n) is 1.85. The lowest BCUT2D eigenvalue weighted by molar-refractivity contribution is 0.198. The van der Waals surface area contributed by atoms with Gasteiger partial charge < -0.3 is 9.84 Å². The summed E-state index contributed by atoms with van der Waals surface area (Å²) in [6, 6.07) is 11.6. The molecule has 0 aliphatic heterocycles. The van der Waals surface area contributed by atoms with E-state index in [-0.39, 0.29) is 5.41 Å². The average molecular weight is 271 g/mol. The Balaban J connectivity index is 2.18. The maximum Gasteiger partial charge on any atom is 0.219 e. The fourth-order valence-corrected chi connectivity index (χ4v) is 1.85. The molecule has 0 unspecified atom stereocenters. The first-order valence-electron chi connectivity index (χ1n) is 6.79. The number of hydrogen-bond acceptors (Lipinski definition) is 3. The second kappa shape index (κ2) is 5.63. The van der Waals surface area contributed by atoms with Crippen molar-refractivity contribution >= 4 is 0 Å². The molecule has 0 aliphatic rings. The van der Waals surface area contributed by atoms with Crippen LogP contribution in [0.5, 0.6) is 11.6 Å². The van der Waals surface area contributed by atoms with E-state index in [0.29, 0.717) is 5.88 Å². The molecule has 0 aliphatic carbocycles. The predicted octanol–water partition coefficient (Wildman–Crippen LogP) is 4.22. The molecule has 0 bridgehead atoms. The molecule has 2 rings (SSSR count). The van der Waals surface area contributed by atoms with Gasteiger partial charge in [0.05, 0.1) is 6.10 Å². The summed E-state index contributed by atoms with van der Waals surface area (Å²) in [7, 11) is 0. The number of benzene rings is 1. The van der Waals surface area contributed by atoms with Crippen LogP contribution in [0.3, 0.4) is 0 Å². The van der Waals surface area contributed by atoms with Crippen LogP contribution < -0.4 is 4.74 Å². The van der Waals surface area contributed by atoms with Crippen LogP contribution >= 0.6 is 0 Å². The van der Waals surface area contributed by atoms with Crippen molar-refractivity contribution in [2.45, 2.75) is 39.2 Å². The summed E-state index contributed by atoms with van der Waals surface area (Å²) < 4.78 is 5.76. The van der Waals surface area contributed by atoms with Crippen LogP contribution in [0.2, 0.25) is 0 Å². The number of hydrogen-bond donors (Lipinski definition) is 1. The highest BCUT2D eigenvalue weighted by molar-refractivity contribution is 5.35. The summed E-state index contributed by atoms with van der Waals surface area (Å²) >= 11 is 0. The van der Waals surface area contributed by atoms with Crippen molar-refractivity contribution in [3.63, 3.8) is 0 Å². The van der Waals surface area contributed by atoms with Crippen LogP contribution in [0.15, 0.2) is 42.6 Å². The van der Waals surface area contributed by atoms with Crippen molar-refractivity contribution < 1.29 is 9.84 Å². The molecule has 0 saturated carbocycles. The van der Waals surface area contributed by atoms with Gasteiger partial charge in [-0.25, -0.2) is 4.98 Å². The summed E-state index contributed by atoms with van der Waals surface area (Å²) in [5.74, 6) is 1.30. The number of aliphatic hydroxyl groups is 1. The molecular formula is C17H21NO2. The van der Waals surface area contributed by atoms with E-state index in [4.69, 9.17) is 4.74 Å². The molecule has 1 aromatic carbocycles. The van der Waals surface area contributed by atoms with E-state index in [0.717, 1.165) is 11.3 Å². The zero-order valence-corrected chi connectivity index (χ0v) is 12.4. The molecule has 0 amide bonds.